The Labute approximate surface area is 506 Å². The number of allylic oxidation sites excluding steroid dienone is 7. The molecule has 3 N–H and O–H groups in total. The van der Waals surface area contributed by atoms with E-state index in [2.05, 4.69) is 55.6 Å². The van der Waals surface area contributed by atoms with Gasteiger partial charge in [-0.1, -0.05) is 339 Å². The van der Waals surface area contributed by atoms with E-state index in [1.165, 1.54) is 315 Å². The molecule has 6 nitrogen and oxygen atoms in total. The van der Waals surface area contributed by atoms with E-state index < -0.39 is 12.1 Å². The number of nitrogens with one attached hydrogen (secondary N) is 1. The van der Waals surface area contributed by atoms with Gasteiger partial charge in [-0.05, 0) is 89.9 Å². The number of hydrogen-bond acceptors (Lipinski definition) is 5. The van der Waals surface area contributed by atoms with Crippen molar-refractivity contribution in [2.45, 2.75) is 405 Å². The molecule has 0 fully saturated rings. The minimum absolute atomic E-state index is 0.000953. The molecule has 0 aromatic rings. The quantitative estimate of drug-likeness (QED) is 0.0320. The van der Waals surface area contributed by atoms with E-state index in [9.17, 15) is 19.8 Å². The number of unbranched alkanes of at least 4 members (excludes halogenated alkanes) is 51. The zero-order valence-electron chi connectivity index (χ0n) is 54.5. The predicted octanol–water partition coefficient (Wildman–Crippen LogP) is 23.6. The van der Waals surface area contributed by atoms with E-state index >= 15 is 0 Å². The van der Waals surface area contributed by atoms with Crippen LogP contribution >= 0.6 is 0 Å². The predicted molar refractivity (Wildman–Crippen MR) is 356 cm³/mol. The summed E-state index contributed by atoms with van der Waals surface area (Å²) in [4.78, 5) is 24.6. The number of carbonyl (C=O) groups excluding carboxylic acids is 2. The largest absolute Gasteiger partial charge is 0.466 e. The minimum atomic E-state index is -0.851. The van der Waals surface area contributed by atoms with Crippen molar-refractivity contribution in [2.75, 3.05) is 13.2 Å². The van der Waals surface area contributed by atoms with Crippen LogP contribution in [0.1, 0.15) is 393 Å². The Kier molecular flexibility index (Phi) is 68.4. The van der Waals surface area contributed by atoms with Gasteiger partial charge in [-0.25, -0.2) is 0 Å². The van der Waals surface area contributed by atoms with E-state index in [4.69, 9.17) is 4.74 Å². The summed E-state index contributed by atoms with van der Waals surface area (Å²) in [5, 5.41) is 23.3. The van der Waals surface area contributed by atoms with Gasteiger partial charge < -0.3 is 20.3 Å². The van der Waals surface area contributed by atoms with Gasteiger partial charge >= 0.3 is 5.97 Å². The molecule has 0 aliphatic heterocycles. The molecule has 0 aromatic heterocycles. The topological polar surface area (TPSA) is 95.9 Å². The van der Waals surface area contributed by atoms with Crippen molar-refractivity contribution < 1.29 is 24.5 Å². The third-order valence-electron chi connectivity index (χ3n) is 16.8. The third kappa shape index (κ3) is 66.8. The van der Waals surface area contributed by atoms with Crippen LogP contribution in [-0.4, -0.2) is 47.4 Å². The first-order valence-electron chi connectivity index (χ1n) is 36.4. The zero-order valence-corrected chi connectivity index (χ0v) is 54.5. The van der Waals surface area contributed by atoms with Crippen molar-refractivity contribution in [1.29, 1.82) is 0 Å². The molecular weight excluding hydrogens is 995 g/mol. The molecule has 0 radical (unpaired) electrons. The highest BCUT2D eigenvalue weighted by Gasteiger charge is 2.18. The highest BCUT2D eigenvalue weighted by atomic mass is 16.5. The molecule has 81 heavy (non-hydrogen) atoms. The van der Waals surface area contributed by atoms with Crippen LogP contribution < -0.4 is 5.32 Å². The molecule has 6 heteroatoms. The Bertz CT molecular complexity index is 1360. The number of hydrogen-bond donors (Lipinski definition) is 3. The molecular formula is C75H141NO5. The van der Waals surface area contributed by atoms with Crippen molar-refractivity contribution in [3.05, 3.63) is 48.6 Å². The van der Waals surface area contributed by atoms with E-state index in [0.717, 1.165) is 51.4 Å². The Balaban J connectivity index is 3.46. The number of amides is 1. The SMILES string of the molecule is CCCCCCCC/C=C\CCCCCCCC(=O)OCCCCCCCCCCC/C=C\C/C=C\CCCCCCCCCCCC(=O)NC(CO)C(O)/C=C/CCCCCCCCCCCCCCCCCCCCCCCC. The summed E-state index contributed by atoms with van der Waals surface area (Å²) in [6.45, 7) is 4.92. The van der Waals surface area contributed by atoms with Crippen molar-refractivity contribution in [3.8, 4) is 0 Å². The second kappa shape index (κ2) is 70.3. The molecule has 0 bridgehead atoms. The van der Waals surface area contributed by atoms with Crippen molar-refractivity contribution in [2.24, 2.45) is 0 Å². The first-order chi connectivity index (χ1) is 40.0. The lowest BCUT2D eigenvalue weighted by Crippen LogP contribution is -2.45. The first kappa shape index (κ1) is 78.8. The van der Waals surface area contributed by atoms with Gasteiger partial charge in [-0.2, -0.15) is 0 Å². The lowest BCUT2D eigenvalue weighted by atomic mass is 10.0. The number of aliphatic hydroxyl groups is 2. The van der Waals surface area contributed by atoms with Crippen LogP contribution in [0.3, 0.4) is 0 Å². The summed E-state index contributed by atoms with van der Waals surface area (Å²) in [5.74, 6) is -0.0697. The molecule has 2 atom stereocenters. The van der Waals surface area contributed by atoms with Crippen molar-refractivity contribution >= 4 is 11.9 Å². The molecule has 0 aliphatic carbocycles. The monoisotopic (exact) mass is 1140 g/mol. The van der Waals surface area contributed by atoms with Crippen LogP contribution in [0.15, 0.2) is 48.6 Å². The third-order valence-corrected chi connectivity index (χ3v) is 16.8. The number of carbonyl (C=O) groups is 2. The summed E-state index contributed by atoms with van der Waals surface area (Å²) >= 11 is 0. The number of rotatable bonds is 68. The smallest absolute Gasteiger partial charge is 0.305 e. The van der Waals surface area contributed by atoms with E-state index in [1.807, 2.05) is 6.08 Å². The van der Waals surface area contributed by atoms with Crippen LogP contribution in [0.25, 0.3) is 0 Å². The molecule has 2 unspecified atom stereocenters. The van der Waals surface area contributed by atoms with Crippen molar-refractivity contribution in [1.82, 2.24) is 5.32 Å². The lowest BCUT2D eigenvalue weighted by Gasteiger charge is -2.20. The average Bonchev–Trinajstić information content (AvgIpc) is 3.47. The summed E-state index contributed by atoms with van der Waals surface area (Å²) in [6.07, 6.45) is 91.9. The van der Waals surface area contributed by atoms with Crippen LogP contribution in [0.2, 0.25) is 0 Å². The molecule has 0 heterocycles. The minimum Gasteiger partial charge on any atom is -0.466 e. The van der Waals surface area contributed by atoms with Gasteiger partial charge in [0.05, 0.1) is 25.4 Å². The van der Waals surface area contributed by atoms with E-state index in [-0.39, 0.29) is 18.5 Å². The molecule has 0 aromatic carbocycles. The fourth-order valence-corrected chi connectivity index (χ4v) is 11.3. The van der Waals surface area contributed by atoms with Gasteiger partial charge in [0, 0.05) is 12.8 Å². The van der Waals surface area contributed by atoms with Gasteiger partial charge in [-0.15, -0.1) is 0 Å². The molecule has 0 spiro atoms. The van der Waals surface area contributed by atoms with E-state index in [1.54, 1.807) is 6.08 Å². The molecule has 0 saturated carbocycles. The normalized spacial score (nSPS) is 12.8. The highest BCUT2D eigenvalue weighted by Crippen LogP contribution is 2.18. The summed E-state index contributed by atoms with van der Waals surface area (Å²) in [5.41, 5.74) is 0. The Hall–Kier alpha value is -2.18. The van der Waals surface area contributed by atoms with Gasteiger partial charge in [0.2, 0.25) is 5.91 Å². The fraction of sp³-hybridized carbons (Fsp3) is 0.867. The maximum atomic E-state index is 12.5. The van der Waals surface area contributed by atoms with Gasteiger partial charge in [0.15, 0.2) is 0 Å². The fourth-order valence-electron chi connectivity index (χ4n) is 11.3. The second-order valence-corrected chi connectivity index (χ2v) is 24.9. The standard InChI is InChI=1S/C75H141NO5/c1-3-5-7-9-11-13-15-17-19-20-21-22-23-27-30-33-36-40-43-47-51-55-59-63-67-73(78)72(71-77)76-74(79)68-64-60-56-52-48-44-41-37-34-31-28-25-24-26-29-32-35-38-42-46-50-54-58-62-66-70-81-75(80)69-65-61-57-53-49-45-39-18-16-14-12-10-8-6-4-2/h18,25-26,28-29,39,63,67,72-73,77-78H,3-17,19-24,27,30-38,40-62,64-66,68-71H2,1-2H3,(H,76,79)/b28-25-,29-26-,39-18-,67-63+. The molecule has 0 saturated heterocycles. The maximum absolute atomic E-state index is 12.5. The summed E-state index contributed by atoms with van der Waals surface area (Å²) < 4.78 is 5.48. The summed E-state index contributed by atoms with van der Waals surface area (Å²) in [7, 11) is 0. The maximum Gasteiger partial charge on any atom is 0.305 e. The lowest BCUT2D eigenvalue weighted by molar-refractivity contribution is -0.143. The Morgan fingerprint density at radius 3 is 0.951 bits per heavy atom. The summed E-state index contributed by atoms with van der Waals surface area (Å²) in [6, 6.07) is -0.635. The van der Waals surface area contributed by atoms with Crippen LogP contribution in [-0.2, 0) is 14.3 Å². The van der Waals surface area contributed by atoms with Gasteiger partial charge in [-0.3, -0.25) is 9.59 Å². The number of aliphatic hydroxyl groups excluding tert-OH is 2. The molecule has 1 amide bonds. The van der Waals surface area contributed by atoms with E-state index in [0.29, 0.717) is 19.4 Å². The zero-order chi connectivity index (χ0) is 58.5. The first-order valence-corrected chi connectivity index (χ1v) is 36.4. The highest BCUT2D eigenvalue weighted by molar-refractivity contribution is 5.76. The number of esters is 1. The van der Waals surface area contributed by atoms with Gasteiger partial charge in [0.25, 0.3) is 0 Å². The molecule has 476 valence electrons. The Morgan fingerprint density at radius 1 is 0.346 bits per heavy atom. The van der Waals surface area contributed by atoms with Crippen LogP contribution in [0.5, 0.6) is 0 Å². The van der Waals surface area contributed by atoms with Gasteiger partial charge in [0.1, 0.15) is 0 Å². The molecule has 0 rings (SSSR count). The Morgan fingerprint density at radius 2 is 0.617 bits per heavy atom. The number of ether oxygens (including phenoxy) is 1. The second-order valence-electron chi connectivity index (χ2n) is 24.9. The van der Waals surface area contributed by atoms with Crippen molar-refractivity contribution in [3.63, 3.8) is 0 Å². The average molecular weight is 1140 g/mol. The van der Waals surface area contributed by atoms with Crippen LogP contribution in [0.4, 0.5) is 0 Å². The van der Waals surface area contributed by atoms with Crippen LogP contribution in [0, 0.1) is 0 Å². The molecule has 0 aliphatic rings.